The van der Waals surface area contributed by atoms with Crippen molar-refractivity contribution in [2.24, 2.45) is 5.84 Å². The molecule has 1 heterocycles. The van der Waals surface area contributed by atoms with E-state index in [4.69, 9.17) is 5.84 Å². The number of carbonyl (C=O) groups excluding carboxylic acids is 1. The van der Waals surface area contributed by atoms with Crippen LogP contribution >= 0.6 is 0 Å². The van der Waals surface area contributed by atoms with Crippen LogP contribution in [0.25, 0.3) is 11.4 Å². The highest BCUT2D eigenvalue weighted by molar-refractivity contribution is 5.74. The first-order chi connectivity index (χ1) is 8.20. The van der Waals surface area contributed by atoms with E-state index in [2.05, 4.69) is 15.4 Å². The summed E-state index contributed by atoms with van der Waals surface area (Å²) in [7, 11) is 0. The van der Waals surface area contributed by atoms with E-state index < -0.39 is 11.7 Å². The average molecular weight is 236 g/mol. The molecule has 0 bridgehead atoms. The second kappa shape index (κ2) is 4.66. The van der Waals surface area contributed by atoms with Gasteiger partial charge in [0, 0.05) is 0 Å². The lowest BCUT2D eigenvalue weighted by Crippen LogP contribution is -2.33. The number of carbonyl (C=O) groups is 1. The lowest BCUT2D eigenvalue weighted by Gasteiger charge is -1.97. The normalized spacial score (nSPS) is 10.2. The number of tetrazole rings is 1. The van der Waals surface area contributed by atoms with Crippen molar-refractivity contribution in [3.05, 3.63) is 30.1 Å². The van der Waals surface area contributed by atoms with Crippen LogP contribution in [-0.4, -0.2) is 26.1 Å². The van der Waals surface area contributed by atoms with Crippen molar-refractivity contribution < 1.29 is 9.18 Å². The third-order valence-electron chi connectivity index (χ3n) is 2.01. The zero-order chi connectivity index (χ0) is 12.3. The van der Waals surface area contributed by atoms with Crippen LogP contribution in [0, 0.1) is 5.82 Å². The fraction of sp³-hybridized carbons (Fsp3) is 0.111. The Bertz CT molecular complexity index is 540. The summed E-state index contributed by atoms with van der Waals surface area (Å²) in [5, 5.41) is 11.1. The Labute approximate surface area is 95.4 Å². The van der Waals surface area contributed by atoms with Crippen LogP contribution in [-0.2, 0) is 11.3 Å². The van der Waals surface area contributed by atoms with Crippen LogP contribution < -0.4 is 11.3 Å². The van der Waals surface area contributed by atoms with Crippen LogP contribution in [0.1, 0.15) is 0 Å². The second-order valence-corrected chi connectivity index (χ2v) is 3.19. The van der Waals surface area contributed by atoms with Gasteiger partial charge >= 0.3 is 0 Å². The molecule has 3 N–H and O–H groups in total. The smallest absolute Gasteiger partial charge is 0.257 e. The summed E-state index contributed by atoms with van der Waals surface area (Å²) in [4.78, 5) is 12.0. The van der Waals surface area contributed by atoms with Crippen LogP contribution in [0.2, 0.25) is 0 Å². The zero-order valence-corrected chi connectivity index (χ0v) is 8.67. The van der Waals surface area contributed by atoms with Crippen molar-refractivity contribution in [2.75, 3.05) is 0 Å². The number of rotatable bonds is 3. The summed E-state index contributed by atoms with van der Waals surface area (Å²) in [6, 6.07) is 6.04. The lowest BCUT2D eigenvalue weighted by atomic mass is 10.2. The molecule has 17 heavy (non-hydrogen) atoms. The van der Waals surface area contributed by atoms with Crippen molar-refractivity contribution in [2.45, 2.75) is 6.54 Å². The lowest BCUT2D eigenvalue weighted by molar-refractivity contribution is -0.122. The zero-order valence-electron chi connectivity index (χ0n) is 8.67. The van der Waals surface area contributed by atoms with Gasteiger partial charge in [0.1, 0.15) is 12.4 Å². The molecule has 0 fully saturated rings. The molecule has 0 aliphatic carbocycles. The van der Waals surface area contributed by atoms with Crippen LogP contribution in [0.3, 0.4) is 0 Å². The molecule has 2 rings (SSSR count). The molecule has 0 saturated carbocycles. The van der Waals surface area contributed by atoms with E-state index in [1.807, 2.05) is 5.43 Å². The molecule has 0 aliphatic rings. The molecule has 0 spiro atoms. The van der Waals surface area contributed by atoms with E-state index in [1.165, 1.54) is 12.1 Å². The Morgan fingerprint density at radius 1 is 1.47 bits per heavy atom. The largest absolute Gasteiger partial charge is 0.293 e. The summed E-state index contributed by atoms with van der Waals surface area (Å²) < 4.78 is 13.4. The molecule has 88 valence electrons. The van der Waals surface area contributed by atoms with Gasteiger partial charge in [0.05, 0.1) is 5.56 Å². The van der Waals surface area contributed by atoms with E-state index in [1.54, 1.807) is 12.1 Å². The minimum Gasteiger partial charge on any atom is -0.293 e. The Balaban J connectivity index is 2.24. The summed E-state index contributed by atoms with van der Waals surface area (Å²) >= 11 is 0. The van der Waals surface area contributed by atoms with Crippen LogP contribution in [0.15, 0.2) is 24.3 Å². The van der Waals surface area contributed by atoms with Gasteiger partial charge in [0.15, 0.2) is 0 Å². The van der Waals surface area contributed by atoms with Crippen molar-refractivity contribution in [3.63, 3.8) is 0 Å². The minimum atomic E-state index is -0.470. The topological polar surface area (TPSA) is 98.7 Å². The first-order valence-corrected chi connectivity index (χ1v) is 4.73. The molecule has 0 atom stereocenters. The van der Waals surface area contributed by atoms with Crippen molar-refractivity contribution in [1.29, 1.82) is 0 Å². The maximum absolute atomic E-state index is 13.4. The number of amides is 1. The maximum Gasteiger partial charge on any atom is 0.257 e. The fourth-order valence-electron chi connectivity index (χ4n) is 1.23. The molecule has 0 radical (unpaired) electrons. The minimum absolute atomic E-state index is 0.118. The number of hydrogen-bond acceptors (Lipinski definition) is 5. The number of nitrogens with two attached hydrogens (primary N) is 1. The number of benzene rings is 1. The SMILES string of the molecule is NNC(=O)Cn1nnc(-c2ccccc2F)n1. The number of hydrogen-bond donors (Lipinski definition) is 2. The van der Waals surface area contributed by atoms with E-state index in [-0.39, 0.29) is 17.9 Å². The molecular weight excluding hydrogens is 227 g/mol. The Morgan fingerprint density at radius 3 is 2.94 bits per heavy atom. The number of aromatic nitrogens is 4. The number of nitrogens with zero attached hydrogens (tertiary/aromatic N) is 4. The van der Waals surface area contributed by atoms with Gasteiger partial charge in [0.2, 0.25) is 5.82 Å². The van der Waals surface area contributed by atoms with Gasteiger partial charge < -0.3 is 0 Å². The summed E-state index contributed by atoms with van der Waals surface area (Å²) in [6.07, 6.45) is 0. The molecule has 2 aromatic rings. The third-order valence-corrected chi connectivity index (χ3v) is 2.01. The van der Waals surface area contributed by atoms with Crippen LogP contribution in [0.5, 0.6) is 0 Å². The first-order valence-electron chi connectivity index (χ1n) is 4.73. The Kier molecular flexibility index (Phi) is 3.06. The molecule has 0 saturated heterocycles. The molecule has 1 aromatic heterocycles. The van der Waals surface area contributed by atoms with Gasteiger partial charge in [0.25, 0.3) is 5.91 Å². The molecule has 8 heteroatoms. The predicted octanol–water partition coefficient (Wildman–Crippen LogP) is -0.531. The molecule has 0 unspecified atom stereocenters. The quantitative estimate of drug-likeness (QED) is 0.424. The molecule has 7 nitrogen and oxygen atoms in total. The highest BCUT2D eigenvalue weighted by atomic mass is 19.1. The number of halogens is 1. The van der Waals surface area contributed by atoms with Crippen LogP contribution in [0.4, 0.5) is 4.39 Å². The predicted molar refractivity (Wildman–Crippen MR) is 55.5 cm³/mol. The maximum atomic E-state index is 13.4. The van der Waals surface area contributed by atoms with Gasteiger partial charge in [-0.1, -0.05) is 12.1 Å². The molecule has 1 amide bonds. The number of hydrazine groups is 1. The van der Waals surface area contributed by atoms with E-state index in [0.717, 1.165) is 4.80 Å². The highest BCUT2D eigenvalue weighted by Gasteiger charge is 2.11. The van der Waals surface area contributed by atoms with Gasteiger partial charge in [-0.2, -0.15) is 4.80 Å². The monoisotopic (exact) mass is 236 g/mol. The summed E-state index contributed by atoms with van der Waals surface area (Å²) in [5.74, 6) is 4.11. The van der Waals surface area contributed by atoms with Crippen molar-refractivity contribution >= 4 is 5.91 Å². The van der Waals surface area contributed by atoms with Gasteiger partial charge in [-0.3, -0.25) is 10.2 Å². The fourth-order valence-corrected chi connectivity index (χ4v) is 1.23. The second-order valence-electron chi connectivity index (χ2n) is 3.19. The summed E-state index contributed by atoms with van der Waals surface area (Å²) in [5.41, 5.74) is 2.16. The molecular formula is C9H9FN6O. The molecule has 0 aliphatic heterocycles. The average Bonchev–Trinajstić information content (AvgIpc) is 2.78. The van der Waals surface area contributed by atoms with E-state index >= 15 is 0 Å². The standard InChI is InChI=1S/C9H9FN6O/c10-7-4-2-1-3-6(7)9-13-15-16(14-9)5-8(17)12-11/h1-4H,5,11H2,(H,12,17). The Hall–Kier alpha value is -2.35. The van der Waals surface area contributed by atoms with Crippen molar-refractivity contribution in [3.8, 4) is 11.4 Å². The first kappa shape index (κ1) is 11.1. The van der Waals surface area contributed by atoms with E-state index in [9.17, 15) is 9.18 Å². The number of nitrogens with one attached hydrogen (secondary N) is 1. The summed E-state index contributed by atoms with van der Waals surface area (Å²) in [6.45, 7) is -0.169. The molecule has 1 aromatic carbocycles. The highest BCUT2D eigenvalue weighted by Crippen LogP contribution is 2.16. The van der Waals surface area contributed by atoms with Crippen molar-refractivity contribution in [1.82, 2.24) is 25.6 Å². The van der Waals surface area contributed by atoms with Gasteiger partial charge in [-0.05, 0) is 17.3 Å². The van der Waals surface area contributed by atoms with Gasteiger partial charge in [-0.15, -0.1) is 10.2 Å². The van der Waals surface area contributed by atoms with Gasteiger partial charge in [-0.25, -0.2) is 10.2 Å². The van der Waals surface area contributed by atoms with E-state index in [0.29, 0.717) is 0 Å². The Morgan fingerprint density at radius 2 is 2.24 bits per heavy atom. The third kappa shape index (κ3) is 2.42.